The van der Waals surface area contributed by atoms with E-state index in [0.29, 0.717) is 11.4 Å². The number of benzene rings is 1. The number of nitrogens with zero attached hydrogens (tertiary/aromatic N) is 1. The van der Waals surface area contributed by atoms with Gasteiger partial charge < -0.3 is 15.6 Å². The highest BCUT2D eigenvalue weighted by atomic mass is 16.5. The number of rotatable bonds is 3. The minimum atomic E-state index is -0.171. The number of anilines is 1. The van der Waals surface area contributed by atoms with Gasteiger partial charge in [0.05, 0.1) is 18.9 Å². The normalized spacial score (nSPS) is 21.2. The molecule has 0 aromatic heterocycles. The van der Waals surface area contributed by atoms with Gasteiger partial charge in [0.1, 0.15) is 5.75 Å². The molecule has 1 saturated heterocycles. The highest BCUT2D eigenvalue weighted by molar-refractivity contribution is 5.54. The number of nitrogens with two attached hydrogens (primary N) is 1. The van der Waals surface area contributed by atoms with Gasteiger partial charge in [0, 0.05) is 19.6 Å². The molecule has 1 aliphatic rings. The van der Waals surface area contributed by atoms with Crippen molar-refractivity contribution in [3.05, 3.63) is 23.8 Å². The van der Waals surface area contributed by atoms with E-state index in [-0.39, 0.29) is 6.10 Å². The maximum absolute atomic E-state index is 9.43. The van der Waals surface area contributed by atoms with Crippen LogP contribution in [0.4, 0.5) is 5.69 Å². The van der Waals surface area contributed by atoms with Crippen LogP contribution in [-0.4, -0.2) is 36.3 Å². The Hall–Kier alpha value is -1.26. The Kier molecular flexibility index (Phi) is 3.31. The Morgan fingerprint density at radius 3 is 2.94 bits per heavy atom. The van der Waals surface area contributed by atoms with Crippen molar-refractivity contribution in [3.63, 3.8) is 0 Å². The summed E-state index contributed by atoms with van der Waals surface area (Å²) in [6.07, 6.45) is 0.696. The predicted octanol–water partition coefficient (Wildman–Crippen LogP) is 0.844. The molecule has 0 radical (unpaired) electrons. The lowest BCUT2D eigenvalue weighted by atomic mass is 10.2. The van der Waals surface area contributed by atoms with Crippen molar-refractivity contribution in [1.29, 1.82) is 0 Å². The van der Waals surface area contributed by atoms with Crippen LogP contribution in [-0.2, 0) is 6.54 Å². The van der Waals surface area contributed by atoms with Crippen molar-refractivity contribution < 1.29 is 9.84 Å². The van der Waals surface area contributed by atoms with E-state index >= 15 is 0 Å². The second-order valence-corrected chi connectivity index (χ2v) is 4.25. The van der Waals surface area contributed by atoms with Crippen LogP contribution in [0.2, 0.25) is 0 Å². The second kappa shape index (κ2) is 4.72. The average molecular weight is 222 g/mol. The number of nitrogen functional groups attached to an aromatic ring is 1. The van der Waals surface area contributed by atoms with E-state index in [4.69, 9.17) is 10.5 Å². The SMILES string of the molecule is COc1ccc(CN2CCC(O)C2)cc1N. The Bertz CT molecular complexity index is 368. The molecule has 4 nitrogen and oxygen atoms in total. The molecule has 2 rings (SSSR count). The maximum atomic E-state index is 9.43. The Labute approximate surface area is 95.6 Å². The third-order valence-corrected chi connectivity index (χ3v) is 2.95. The topological polar surface area (TPSA) is 58.7 Å². The minimum Gasteiger partial charge on any atom is -0.495 e. The number of likely N-dealkylation sites (tertiary alicyclic amines) is 1. The molecule has 1 aliphatic heterocycles. The first-order valence-electron chi connectivity index (χ1n) is 5.52. The summed E-state index contributed by atoms with van der Waals surface area (Å²) in [6, 6.07) is 5.83. The molecule has 0 spiro atoms. The summed E-state index contributed by atoms with van der Waals surface area (Å²) in [5.41, 5.74) is 7.67. The molecule has 88 valence electrons. The molecule has 0 saturated carbocycles. The van der Waals surface area contributed by atoms with Crippen molar-refractivity contribution >= 4 is 5.69 Å². The third kappa shape index (κ3) is 2.46. The van der Waals surface area contributed by atoms with E-state index in [1.54, 1.807) is 7.11 Å². The zero-order valence-electron chi connectivity index (χ0n) is 9.52. The molecule has 1 aromatic carbocycles. The van der Waals surface area contributed by atoms with Crippen LogP contribution < -0.4 is 10.5 Å². The quantitative estimate of drug-likeness (QED) is 0.744. The van der Waals surface area contributed by atoms with Crippen LogP contribution >= 0.6 is 0 Å². The molecule has 1 unspecified atom stereocenters. The summed E-state index contributed by atoms with van der Waals surface area (Å²) < 4.78 is 5.11. The summed E-state index contributed by atoms with van der Waals surface area (Å²) in [4.78, 5) is 2.23. The van der Waals surface area contributed by atoms with Gasteiger partial charge >= 0.3 is 0 Å². The van der Waals surface area contributed by atoms with Gasteiger partial charge in [0.15, 0.2) is 0 Å². The summed E-state index contributed by atoms with van der Waals surface area (Å²) in [5.74, 6) is 0.713. The van der Waals surface area contributed by atoms with Crippen LogP contribution in [0.15, 0.2) is 18.2 Å². The molecule has 1 atom stereocenters. The molecule has 4 heteroatoms. The van der Waals surface area contributed by atoms with Gasteiger partial charge in [-0.3, -0.25) is 4.90 Å². The Morgan fingerprint density at radius 2 is 2.38 bits per heavy atom. The van der Waals surface area contributed by atoms with Gasteiger partial charge in [-0.25, -0.2) is 0 Å². The third-order valence-electron chi connectivity index (χ3n) is 2.95. The largest absolute Gasteiger partial charge is 0.495 e. The minimum absolute atomic E-state index is 0.171. The number of methoxy groups -OCH3 is 1. The fourth-order valence-electron chi connectivity index (χ4n) is 2.10. The van der Waals surface area contributed by atoms with Gasteiger partial charge in [-0.15, -0.1) is 0 Å². The van der Waals surface area contributed by atoms with E-state index in [2.05, 4.69) is 4.90 Å². The Morgan fingerprint density at radius 1 is 1.56 bits per heavy atom. The standard InChI is InChI=1S/C12H18N2O2/c1-16-12-3-2-9(6-11(12)13)7-14-5-4-10(15)8-14/h2-3,6,10,15H,4-5,7-8,13H2,1H3. The highest BCUT2D eigenvalue weighted by Gasteiger charge is 2.19. The number of aliphatic hydroxyl groups excluding tert-OH is 1. The number of hydrogen-bond donors (Lipinski definition) is 2. The van der Waals surface area contributed by atoms with Gasteiger partial charge in [0.25, 0.3) is 0 Å². The maximum Gasteiger partial charge on any atom is 0.141 e. The van der Waals surface area contributed by atoms with Gasteiger partial charge in [-0.05, 0) is 24.1 Å². The number of ether oxygens (including phenoxy) is 1. The molecule has 1 aromatic rings. The van der Waals surface area contributed by atoms with Crippen LogP contribution in [0.3, 0.4) is 0 Å². The number of β-amino-alcohol motifs (C(OH)–C–C–N with tert-alkyl or cyclic N) is 1. The molecular formula is C12H18N2O2. The van der Waals surface area contributed by atoms with E-state index < -0.39 is 0 Å². The van der Waals surface area contributed by atoms with Crippen LogP contribution in [0.25, 0.3) is 0 Å². The average Bonchev–Trinajstić information content (AvgIpc) is 2.64. The van der Waals surface area contributed by atoms with E-state index in [1.807, 2.05) is 18.2 Å². The van der Waals surface area contributed by atoms with Crippen molar-refractivity contribution in [3.8, 4) is 5.75 Å². The van der Waals surface area contributed by atoms with Gasteiger partial charge in [-0.2, -0.15) is 0 Å². The molecule has 1 heterocycles. The number of hydrogen-bond acceptors (Lipinski definition) is 4. The second-order valence-electron chi connectivity index (χ2n) is 4.25. The van der Waals surface area contributed by atoms with Crippen molar-refractivity contribution in [2.45, 2.75) is 19.1 Å². The summed E-state index contributed by atoms with van der Waals surface area (Å²) in [7, 11) is 1.61. The first-order chi connectivity index (χ1) is 7.69. The summed E-state index contributed by atoms with van der Waals surface area (Å²) in [5, 5.41) is 9.43. The van der Waals surface area contributed by atoms with Crippen molar-refractivity contribution in [1.82, 2.24) is 4.90 Å². The molecule has 0 aliphatic carbocycles. The van der Waals surface area contributed by atoms with Gasteiger partial charge in [-0.1, -0.05) is 6.07 Å². The molecule has 1 fully saturated rings. The van der Waals surface area contributed by atoms with Crippen LogP contribution in [0, 0.1) is 0 Å². The highest BCUT2D eigenvalue weighted by Crippen LogP contribution is 2.23. The lowest BCUT2D eigenvalue weighted by Gasteiger charge is -2.15. The first kappa shape index (κ1) is 11.2. The van der Waals surface area contributed by atoms with E-state index in [1.165, 1.54) is 0 Å². The smallest absolute Gasteiger partial charge is 0.141 e. The Balaban J connectivity index is 2.02. The molecule has 3 N–H and O–H groups in total. The molecule has 0 bridgehead atoms. The van der Waals surface area contributed by atoms with E-state index in [9.17, 15) is 5.11 Å². The monoisotopic (exact) mass is 222 g/mol. The molecule has 0 amide bonds. The number of aliphatic hydroxyl groups is 1. The van der Waals surface area contributed by atoms with Crippen molar-refractivity contribution in [2.75, 3.05) is 25.9 Å². The first-order valence-corrected chi connectivity index (χ1v) is 5.52. The zero-order valence-corrected chi connectivity index (χ0v) is 9.52. The summed E-state index contributed by atoms with van der Waals surface area (Å²) >= 11 is 0. The lowest BCUT2D eigenvalue weighted by Crippen LogP contribution is -2.21. The summed E-state index contributed by atoms with van der Waals surface area (Å²) in [6.45, 7) is 2.55. The zero-order chi connectivity index (χ0) is 11.5. The van der Waals surface area contributed by atoms with Crippen LogP contribution in [0.5, 0.6) is 5.75 Å². The predicted molar refractivity (Wildman–Crippen MR) is 63.3 cm³/mol. The van der Waals surface area contributed by atoms with Crippen LogP contribution in [0.1, 0.15) is 12.0 Å². The van der Waals surface area contributed by atoms with Crippen molar-refractivity contribution in [2.24, 2.45) is 0 Å². The van der Waals surface area contributed by atoms with E-state index in [0.717, 1.165) is 31.6 Å². The molecule has 16 heavy (non-hydrogen) atoms. The van der Waals surface area contributed by atoms with Gasteiger partial charge in [0.2, 0.25) is 0 Å². The lowest BCUT2D eigenvalue weighted by molar-refractivity contribution is 0.175. The fraction of sp³-hybridized carbons (Fsp3) is 0.500. The molecular weight excluding hydrogens is 204 g/mol. The fourth-order valence-corrected chi connectivity index (χ4v) is 2.10.